The molecule has 0 aromatic carbocycles. The predicted octanol–water partition coefficient (Wildman–Crippen LogP) is 2.05. The van der Waals surface area contributed by atoms with E-state index in [0.29, 0.717) is 0 Å². The van der Waals surface area contributed by atoms with Gasteiger partial charge in [-0.3, -0.25) is 0 Å². The van der Waals surface area contributed by atoms with E-state index in [-0.39, 0.29) is 0 Å². The van der Waals surface area contributed by atoms with E-state index in [1.807, 2.05) is 0 Å². The topological polar surface area (TPSA) is 21.3 Å². The highest BCUT2D eigenvalue weighted by molar-refractivity contribution is 4.78. The molecule has 1 N–H and O–H groups in total. The van der Waals surface area contributed by atoms with Crippen molar-refractivity contribution in [1.82, 2.24) is 5.32 Å². The van der Waals surface area contributed by atoms with Crippen LogP contribution in [0.4, 0.5) is 0 Å². The maximum Gasteiger partial charge on any atom is 0.0468 e. The van der Waals surface area contributed by atoms with Crippen LogP contribution in [0.15, 0.2) is 0 Å². The quantitative estimate of drug-likeness (QED) is 0.731. The maximum absolute atomic E-state index is 5.40. The fraction of sp³-hybridized carbons (Fsp3) is 1.00. The van der Waals surface area contributed by atoms with Gasteiger partial charge in [0.1, 0.15) is 0 Å². The molecule has 0 amide bonds. The Balaban J connectivity index is 1.76. The van der Waals surface area contributed by atoms with Gasteiger partial charge in [0, 0.05) is 13.2 Å². The van der Waals surface area contributed by atoms with Crippen LogP contribution in [0.5, 0.6) is 0 Å². The highest BCUT2D eigenvalue weighted by atomic mass is 16.5. The first-order valence-corrected chi connectivity index (χ1v) is 6.14. The molecule has 2 fully saturated rings. The summed E-state index contributed by atoms with van der Waals surface area (Å²) < 4.78 is 5.40. The Hall–Kier alpha value is -0.0800. The summed E-state index contributed by atoms with van der Waals surface area (Å²) in [6.45, 7) is 6.87. The summed E-state index contributed by atoms with van der Waals surface area (Å²) in [6, 6.07) is 0. The van der Waals surface area contributed by atoms with Crippen LogP contribution in [-0.4, -0.2) is 26.3 Å². The predicted molar refractivity (Wildman–Crippen MR) is 58.3 cm³/mol. The van der Waals surface area contributed by atoms with E-state index in [1.165, 1.54) is 38.8 Å². The molecule has 0 unspecified atom stereocenters. The molecule has 0 aromatic rings. The van der Waals surface area contributed by atoms with Crippen molar-refractivity contribution in [3.63, 3.8) is 0 Å². The summed E-state index contributed by atoms with van der Waals surface area (Å²) in [5.74, 6) is 2.81. The van der Waals surface area contributed by atoms with E-state index in [1.54, 1.807) is 0 Å². The first-order valence-electron chi connectivity index (χ1n) is 6.14. The van der Waals surface area contributed by atoms with Crippen molar-refractivity contribution in [2.45, 2.75) is 32.6 Å². The molecule has 2 heteroatoms. The molecule has 0 bridgehead atoms. The number of piperidine rings is 1. The maximum atomic E-state index is 5.40. The van der Waals surface area contributed by atoms with E-state index in [4.69, 9.17) is 4.74 Å². The van der Waals surface area contributed by atoms with E-state index < -0.39 is 0 Å². The minimum Gasteiger partial charge on any atom is -0.381 e. The SMILES string of the molecule is C[C@@H]1CNCC[C@@H]1CC1CCOCC1. The summed E-state index contributed by atoms with van der Waals surface area (Å²) in [4.78, 5) is 0. The Morgan fingerprint density at radius 3 is 2.71 bits per heavy atom. The number of hydrogen-bond acceptors (Lipinski definition) is 2. The Bertz CT molecular complexity index is 166. The molecule has 2 aliphatic rings. The van der Waals surface area contributed by atoms with Crippen LogP contribution >= 0.6 is 0 Å². The first-order chi connectivity index (χ1) is 6.86. The summed E-state index contributed by atoms with van der Waals surface area (Å²) in [5.41, 5.74) is 0. The largest absolute Gasteiger partial charge is 0.381 e. The smallest absolute Gasteiger partial charge is 0.0468 e. The highest BCUT2D eigenvalue weighted by Crippen LogP contribution is 2.30. The lowest BCUT2D eigenvalue weighted by Gasteiger charge is -2.33. The van der Waals surface area contributed by atoms with Crippen LogP contribution < -0.4 is 5.32 Å². The van der Waals surface area contributed by atoms with Crippen LogP contribution in [0.2, 0.25) is 0 Å². The molecule has 0 spiro atoms. The second-order valence-electron chi connectivity index (χ2n) is 5.02. The van der Waals surface area contributed by atoms with Crippen LogP contribution in [0.25, 0.3) is 0 Å². The number of nitrogens with one attached hydrogen (secondary N) is 1. The van der Waals surface area contributed by atoms with Gasteiger partial charge >= 0.3 is 0 Å². The van der Waals surface area contributed by atoms with E-state index in [0.717, 1.165) is 31.0 Å². The molecule has 2 saturated heterocycles. The number of rotatable bonds is 2. The lowest BCUT2D eigenvalue weighted by molar-refractivity contribution is 0.0527. The van der Waals surface area contributed by atoms with Gasteiger partial charge in [-0.05, 0) is 56.5 Å². The monoisotopic (exact) mass is 197 g/mol. The molecule has 2 nitrogen and oxygen atoms in total. The number of ether oxygens (including phenoxy) is 1. The highest BCUT2D eigenvalue weighted by Gasteiger charge is 2.25. The molecule has 0 radical (unpaired) electrons. The van der Waals surface area contributed by atoms with Crippen LogP contribution in [0.3, 0.4) is 0 Å². The molecule has 2 atom stereocenters. The van der Waals surface area contributed by atoms with Crippen molar-refractivity contribution in [1.29, 1.82) is 0 Å². The molecule has 0 aromatic heterocycles. The van der Waals surface area contributed by atoms with E-state index in [2.05, 4.69) is 12.2 Å². The van der Waals surface area contributed by atoms with Crippen LogP contribution in [-0.2, 0) is 4.74 Å². The van der Waals surface area contributed by atoms with E-state index in [9.17, 15) is 0 Å². The normalized spacial score (nSPS) is 35.8. The Kier molecular flexibility index (Phi) is 3.82. The van der Waals surface area contributed by atoms with Gasteiger partial charge in [0.25, 0.3) is 0 Å². The molecular weight excluding hydrogens is 174 g/mol. The average Bonchev–Trinajstić information content (AvgIpc) is 2.23. The van der Waals surface area contributed by atoms with E-state index >= 15 is 0 Å². The summed E-state index contributed by atoms with van der Waals surface area (Å²) in [5, 5.41) is 3.48. The fourth-order valence-corrected chi connectivity index (χ4v) is 2.83. The third kappa shape index (κ3) is 2.71. The summed E-state index contributed by atoms with van der Waals surface area (Å²) in [6.07, 6.45) is 5.44. The Labute approximate surface area is 87.4 Å². The molecule has 2 rings (SSSR count). The third-order valence-corrected chi connectivity index (χ3v) is 3.94. The van der Waals surface area contributed by atoms with Crippen molar-refractivity contribution in [2.24, 2.45) is 17.8 Å². The summed E-state index contributed by atoms with van der Waals surface area (Å²) >= 11 is 0. The van der Waals surface area contributed by atoms with Crippen molar-refractivity contribution in [2.75, 3.05) is 26.3 Å². The Morgan fingerprint density at radius 1 is 1.21 bits per heavy atom. The van der Waals surface area contributed by atoms with Gasteiger partial charge in [0.2, 0.25) is 0 Å². The van der Waals surface area contributed by atoms with Crippen molar-refractivity contribution in [3.8, 4) is 0 Å². The van der Waals surface area contributed by atoms with Crippen LogP contribution in [0.1, 0.15) is 32.6 Å². The molecule has 14 heavy (non-hydrogen) atoms. The molecule has 2 aliphatic heterocycles. The van der Waals surface area contributed by atoms with Gasteiger partial charge in [0.15, 0.2) is 0 Å². The van der Waals surface area contributed by atoms with Crippen LogP contribution in [0, 0.1) is 17.8 Å². The van der Waals surface area contributed by atoms with Crippen molar-refractivity contribution in [3.05, 3.63) is 0 Å². The minimum atomic E-state index is 0.881. The second-order valence-corrected chi connectivity index (χ2v) is 5.02. The molecule has 0 saturated carbocycles. The molecule has 0 aliphatic carbocycles. The lowest BCUT2D eigenvalue weighted by atomic mass is 9.79. The van der Waals surface area contributed by atoms with Gasteiger partial charge in [-0.15, -0.1) is 0 Å². The minimum absolute atomic E-state index is 0.881. The van der Waals surface area contributed by atoms with Gasteiger partial charge in [-0.2, -0.15) is 0 Å². The zero-order chi connectivity index (χ0) is 9.80. The zero-order valence-corrected chi connectivity index (χ0v) is 9.30. The van der Waals surface area contributed by atoms with Crippen molar-refractivity contribution < 1.29 is 4.74 Å². The molecule has 2 heterocycles. The standard InChI is InChI=1S/C12H23NO/c1-10-9-13-5-2-12(10)8-11-3-6-14-7-4-11/h10-13H,2-9H2,1H3/t10-,12-/m1/s1. The van der Waals surface area contributed by atoms with Gasteiger partial charge in [-0.1, -0.05) is 6.92 Å². The lowest BCUT2D eigenvalue weighted by Crippen LogP contribution is -2.36. The van der Waals surface area contributed by atoms with Gasteiger partial charge in [-0.25, -0.2) is 0 Å². The summed E-state index contributed by atoms with van der Waals surface area (Å²) in [7, 11) is 0. The molecular formula is C12H23NO. The first kappa shape index (κ1) is 10.4. The average molecular weight is 197 g/mol. The fourth-order valence-electron chi connectivity index (χ4n) is 2.83. The van der Waals surface area contributed by atoms with Gasteiger partial charge < -0.3 is 10.1 Å². The zero-order valence-electron chi connectivity index (χ0n) is 9.30. The second kappa shape index (κ2) is 5.13. The molecule has 82 valence electrons. The van der Waals surface area contributed by atoms with Crippen molar-refractivity contribution >= 4 is 0 Å². The third-order valence-electron chi connectivity index (χ3n) is 3.94. The van der Waals surface area contributed by atoms with Gasteiger partial charge in [0.05, 0.1) is 0 Å². The number of hydrogen-bond donors (Lipinski definition) is 1. The Morgan fingerprint density at radius 2 is 2.00 bits per heavy atom.